The zero-order valence-corrected chi connectivity index (χ0v) is 12.3. The Morgan fingerprint density at radius 1 is 1.60 bits per heavy atom. The van der Waals surface area contributed by atoms with Crippen LogP contribution in [-0.4, -0.2) is 37.3 Å². The number of aliphatic hydroxyl groups is 2. The Hall–Kier alpha value is 1.13. The van der Waals surface area contributed by atoms with Crippen LogP contribution in [0.4, 0.5) is 0 Å². The lowest BCUT2D eigenvalue weighted by molar-refractivity contribution is -0.258. The number of alkyl halides is 3. The van der Waals surface area contributed by atoms with Gasteiger partial charge in [-0.15, -0.1) is 11.6 Å². The van der Waals surface area contributed by atoms with E-state index in [2.05, 4.69) is 31.9 Å². The smallest absolute Gasteiger partial charge is 0.207 e. The van der Waals surface area contributed by atoms with Gasteiger partial charge in [0.15, 0.2) is 0 Å². The lowest BCUT2D eigenvalue weighted by Gasteiger charge is -2.44. The van der Waals surface area contributed by atoms with E-state index in [0.717, 1.165) is 12.8 Å². The zero-order valence-electron chi connectivity index (χ0n) is 8.37. The van der Waals surface area contributed by atoms with Gasteiger partial charge in [0.05, 0.1) is 12.2 Å². The predicted octanol–water partition coefficient (Wildman–Crippen LogP) is 2.35. The van der Waals surface area contributed by atoms with Gasteiger partial charge in [-0.1, -0.05) is 45.2 Å². The van der Waals surface area contributed by atoms with E-state index in [1.807, 2.05) is 6.92 Å². The average molecular weight is 366 g/mol. The van der Waals surface area contributed by atoms with Crippen molar-refractivity contribution in [3.63, 3.8) is 0 Å². The van der Waals surface area contributed by atoms with Crippen LogP contribution in [0.5, 0.6) is 0 Å². The normalized spacial score (nSPS) is 42.2. The Bertz CT molecular complexity index is 218. The van der Waals surface area contributed by atoms with Crippen molar-refractivity contribution >= 4 is 43.5 Å². The minimum atomic E-state index is -1.57. The van der Waals surface area contributed by atoms with E-state index in [0.29, 0.717) is 6.42 Å². The van der Waals surface area contributed by atoms with Gasteiger partial charge in [0.2, 0.25) is 5.79 Å². The Morgan fingerprint density at radius 2 is 2.20 bits per heavy atom. The Labute approximate surface area is 111 Å². The molecule has 4 atom stereocenters. The van der Waals surface area contributed by atoms with E-state index in [4.69, 9.17) is 16.3 Å². The summed E-state index contributed by atoms with van der Waals surface area (Å²) in [6.07, 6.45) is 1.31. The number of hydrogen-bond acceptors (Lipinski definition) is 3. The molecular weight excluding hydrogens is 351 g/mol. The summed E-state index contributed by atoms with van der Waals surface area (Å²) >= 11 is 12.3. The average Bonchev–Trinajstić information content (AvgIpc) is 2.14. The first-order chi connectivity index (χ1) is 6.91. The molecule has 0 aromatic rings. The molecule has 1 rings (SSSR count). The second kappa shape index (κ2) is 5.65. The molecule has 0 aliphatic carbocycles. The molecule has 0 aromatic heterocycles. The van der Waals surface area contributed by atoms with Crippen LogP contribution < -0.4 is 0 Å². The molecule has 1 fully saturated rings. The highest BCUT2D eigenvalue weighted by Gasteiger charge is 2.51. The molecule has 3 nitrogen and oxygen atoms in total. The third-order valence-corrected chi connectivity index (χ3v) is 4.43. The van der Waals surface area contributed by atoms with Crippen LogP contribution in [0, 0.1) is 0 Å². The van der Waals surface area contributed by atoms with Gasteiger partial charge in [0.1, 0.15) is 9.11 Å². The zero-order chi connectivity index (χ0) is 11.6. The van der Waals surface area contributed by atoms with Crippen molar-refractivity contribution in [2.75, 3.05) is 0 Å². The summed E-state index contributed by atoms with van der Waals surface area (Å²) in [5.41, 5.74) is 0. The molecule has 0 aromatic carbocycles. The van der Waals surface area contributed by atoms with Gasteiger partial charge in [-0.05, 0) is 6.42 Å². The molecule has 6 heteroatoms. The van der Waals surface area contributed by atoms with Crippen molar-refractivity contribution in [3.8, 4) is 0 Å². The number of ether oxygens (including phenoxy) is 1. The Morgan fingerprint density at radius 3 is 2.67 bits per heavy atom. The summed E-state index contributed by atoms with van der Waals surface area (Å²) < 4.78 is 5.02. The van der Waals surface area contributed by atoms with Crippen LogP contribution >= 0.6 is 43.5 Å². The second-order valence-electron chi connectivity index (χ2n) is 3.79. The minimum absolute atomic E-state index is 0.150. The quantitative estimate of drug-likeness (QED) is 0.754. The summed E-state index contributed by atoms with van der Waals surface area (Å²) in [4.78, 5) is 0. The molecule has 1 aliphatic rings. The van der Waals surface area contributed by atoms with Gasteiger partial charge in [-0.2, -0.15) is 0 Å². The highest BCUT2D eigenvalue weighted by molar-refractivity contribution is 9.24. The van der Waals surface area contributed by atoms with Gasteiger partial charge >= 0.3 is 0 Å². The van der Waals surface area contributed by atoms with Gasteiger partial charge in [0.25, 0.3) is 0 Å². The molecule has 2 N–H and O–H groups in total. The number of hydrogen-bond donors (Lipinski definition) is 2. The molecular formula is C9H15Br2ClO3. The van der Waals surface area contributed by atoms with Crippen molar-refractivity contribution in [3.05, 3.63) is 0 Å². The van der Waals surface area contributed by atoms with Crippen LogP contribution in [0.25, 0.3) is 0 Å². The van der Waals surface area contributed by atoms with Gasteiger partial charge in [-0.3, -0.25) is 0 Å². The van der Waals surface area contributed by atoms with Gasteiger partial charge in [-0.25, -0.2) is 0 Å². The maximum atomic E-state index is 10.2. The maximum absolute atomic E-state index is 10.2. The predicted molar refractivity (Wildman–Crippen MR) is 66.6 cm³/mol. The second-order valence-corrected chi connectivity index (χ2v) is 7.32. The first kappa shape index (κ1) is 14.2. The first-order valence-electron chi connectivity index (χ1n) is 4.92. The van der Waals surface area contributed by atoms with Crippen molar-refractivity contribution in [2.45, 2.75) is 53.3 Å². The third-order valence-electron chi connectivity index (χ3n) is 2.52. The van der Waals surface area contributed by atoms with E-state index in [-0.39, 0.29) is 6.10 Å². The largest absolute Gasteiger partial charge is 0.391 e. The highest BCUT2D eigenvalue weighted by Crippen LogP contribution is 2.40. The third kappa shape index (κ3) is 3.07. The molecule has 90 valence electrons. The lowest BCUT2D eigenvalue weighted by Crippen LogP contribution is -2.58. The highest BCUT2D eigenvalue weighted by atomic mass is 79.9. The fourth-order valence-corrected chi connectivity index (χ4v) is 3.09. The van der Waals surface area contributed by atoms with E-state index in [1.54, 1.807) is 0 Å². The maximum Gasteiger partial charge on any atom is 0.207 e. The topological polar surface area (TPSA) is 49.7 Å². The van der Waals surface area contributed by atoms with Crippen molar-refractivity contribution in [2.24, 2.45) is 0 Å². The molecule has 1 heterocycles. The standard InChI is InChI=1S/C9H15Br2ClO3/c1-2-3-5-4-6(13)7(12)9(14,15-5)8(10)11/h5-8,13-14H,2-4H2,1H3. The van der Waals surface area contributed by atoms with E-state index in [9.17, 15) is 10.2 Å². The van der Waals surface area contributed by atoms with Crippen LogP contribution in [0.1, 0.15) is 26.2 Å². The molecule has 0 saturated carbocycles. The van der Waals surface area contributed by atoms with Crippen LogP contribution in [0.15, 0.2) is 0 Å². The number of rotatable bonds is 3. The van der Waals surface area contributed by atoms with Crippen molar-refractivity contribution < 1.29 is 14.9 Å². The molecule has 0 spiro atoms. The van der Waals surface area contributed by atoms with Gasteiger partial charge < -0.3 is 14.9 Å². The van der Waals surface area contributed by atoms with Crippen molar-refractivity contribution in [1.29, 1.82) is 0 Å². The van der Waals surface area contributed by atoms with Crippen LogP contribution in [0.3, 0.4) is 0 Å². The van der Waals surface area contributed by atoms with Crippen molar-refractivity contribution in [1.82, 2.24) is 0 Å². The summed E-state index contributed by atoms with van der Waals surface area (Å²) in [6.45, 7) is 2.03. The molecule has 1 aliphatic heterocycles. The molecule has 0 amide bonds. The summed E-state index contributed by atoms with van der Waals surface area (Å²) in [5.74, 6) is -1.57. The number of halogens is 3. The van der Waals surface area contributed by atoms with E-state index in [1.165, 1.54) is 0 Å². The SMILES string of the molecule is CCCC1CC(O)C(Cl)C(O)(C(Br)Br)O1. The monoisotopic (exact) mass is 364 g/mol. The summed E-state index contributed by atoms with van der Waals surface area (Å²) in [7, 11) is 0. The molecule has 4 unspecified atom stereocenters. The Balaban J connectivity index is 2.76. The molecule has 0 bridgehead atoms. The molecule has 0 radical (unpaired) electrons. The van der Waals surface area contributed by atoms with Crippen LogP contribution in [0.2, 0.25) is 0 Å². The number of aliphatic hydroxyl groups excluding tert-OH is 1. The Kier molecular flexibility index (Phi) is 5.34. The first-order valence-corrected chi connectivity index (χ1v) is 7.19. The van der Waals surface area contributed by atoms with Crippen LogP contribution in [-0.2, 0) is 4.74 Å². The molecule has 1 saturated heterocycles. The fraction of sp³-hybridized carbons (Fsp3) is 1.00. The van der Waals surface area contributed by atoms with E-state index < -0.39 is 21.0 Å². The van der Waals surface area contributed by atoms with Gasteiger partial charge in [0, 0.05) is 6.42 Å². The summed E-state index contributed by atoms with van der Waals surface area (Å²) in [5, 5.41) is 19.1. The molecule has 15 heavy (non-hydrogen) atoms. The summed E-state index contributed by atoms with van der Waals surface area (Å²) in [6, 6.07) is 0. The lowest BCUT2D eigenvalue weighted by atomic mass is 9.96. The minimum Gasteiger partial charge on any atom is -0.391 e. The van der Waals surface area contributed by atoms with E-state index >= 15 is 0 Å². The fourth-order valence-electron chi connectivity index (χ4n) is 1.72.